The van der Waals surface area contributed by atoms with Gasteiger partial charge >= 0.3 is 0 Å². The highest BCUT2D eigenvalue weighted by molar-refractivity contribution is 5.79. The topological polar surface area (TPSA) is 27.8 Å². The van der Waals surface area contributed by atoms with Crippen LogP contribution >= 0.6 is 0 Å². The molecule has 0 saturated heterocycles. The lowest BCUT2D eigenvalue weighted by atomic mass is 9.87. The van der Waals surface area contributed by atoms with Crippen molar-refractivity contribution in [2.24, 2.45) is 0 Å². The van der Waals surface area contributed by atoms with Crippen LogP contribution in [0.4, 0.5) is 0 Å². The lowest BCUT2D eigenvalue weighted by molar-refractivity contribution is 0.459. The Balaban J connectivity index is 1.52. The van der Waals surface area contributed by atoms with Crippen LogP contribution in [0.3, 0.4) is 0 Å². The Morgan fingerprint density at radius 2 is 2.05 bits per heavy atom. The van der Waals surface area contributed by atoms with Crippen molar-refractivity contribution in [1.29, 1.82) is 0 Å². The van der Waals surface area contributed by atoms with Gasteiger partial charge < -0.3 is 10.3 Å². The molecular formula is C19H20N2. The predicted octanol–water partition coefficient (Wildman–Crippen LogP) is 4.34. The Kier molecular flexibility index (Phi) is 3.24. The van der Waals surface area contributed by atoms with Crippen LogP contribution < -0.4 is 5.32 Å². The summed E-state index contributed by atoms with van der Waals surface area (Å²) in [6.07, 6.45) is 5.75. The molecule has 0 aliphatic heterocycles. The molecule has 1 atom stereocenters. The molecule has 2 nitrogen and oxygen atoms in total. The van der Waals surface area contributed by atoms with Gasteiger partial charge in [0.2, 0.25) is 0 Å². The molecule has 0 bridgehead atoms. The van der Waals surface area contributed by atoms with Crippen LogP contribution in [0.25, 0.3) is 10.9 Å². The second-order valence-corrected chi connectivity index (χ2v) is 5.92. The van der Waals surface area contributed by atoms with E-state index in [1.807, 2.05) is 6.20 Å². The predicted molar refractivity (Wildman–Crippen MR) is 87.3 cm³/mol. The number of benzene rings is 2. The molecule has 2 aromatic carbocycles. The molecule has 0 spiro atoms. The number of aromatic nitrogens is 1. The third-order valence-electron chi connectivity index (χ3n) is 4.54. The summed E-state index contributed by atoms with van der Waals surface area (Å²) in [7, 11) is 0. The highest BCUT2D eigenvalue weighted by Crippen LogP contribution is 2.29. The summed E-state index contributed by atoms with van der Waals surface area (Å²) in [6.45, 7) is 0.931. The maximum atomic E-state index is 3.74. The summed E-state index contributed by atoms with van der Waals surface area (Å²) in [4.78, 5) is 3.24. The van der Waals surface area contributed by atoms with E-state index in [-0.39, 0.29) is 0 Å². The zero-order valence-electron chi connectivity index (χ0n) is 12.1. The lowest BCUT2D eigenvalue weighted by Crippen LogP contribution is -2.24. The Morgan fingerprint density at radius 1 is 1.10 bits per heavy atom. The highest BCUT2D eigenvalue weighted by Gasteiger charge is 2.18. The normalized spacial score (nSPS) is 17.8. The summed E-state index contributed by atoms with van der Waals surface area (Å²) in [5, 5.41) is 5.03. The van der Waals surface area contributed by atoms with Crippen LogP contribution in [-0.2, 0) is 13.0 Å². The Labute approximate surface area is 125 Å². The zero-order chi connectivity index (χ0) is 14.1. The quantitative estimate of drug-likeness (QED) is 0.732. The van der Waals surface area contributed by atoms with E-state index in [1.165, 1.54) is 46.9 Å². The molecular weight excluding hydrogens is 256 g/mol. The number of aryl methyl sites for hydroxylation is 1. The summed E-state index contributed by atoms with van der Waals surface area (Å²) in [5.41, 5.74) is 5.57. The molecule has 0 fully saturated rings. The largest absolute Gasteiger partial charge is 0.361 e. The molecule has 1 heterocycles. The molecule has 106 valence electrons. The minimum atomic E-state index is 0.497. The first-order valence-electron chi connectivity index (χ1n) is 7.77. The van der Waals surface area contributed by atoms with Gasteiger partial charge in [0.05, 0.1) is 0 Å². The van der Waals surface area contributed by atoms with Crippen LogP contribution in [0.2, 0.25) is 0 Å². The van der Waals surface area contributed by atoms with Crippen molar-refractivity contribution in [2.45, 2.75) is 31.8 Å². The second kappa shape index (κ2) is 5.38. The zero-order valence-corrected chi connectivity index (χ0v) is 12.1. The molecule has 0 amide bonds. The number of rotatable bonds is 3. The summed E-state index contributed by atoms with van der Waals surface area (Å²) >= 11 is 0. The van der Waals surface area contributed by atoms with Gasteiger partial charge in [0.15, 0.2) is 0 Å². The van der Waals surface area contributed by atoms with Gasteiger partial charge in [0.25, 0.3) is 0 Å². The van der Waals surface area contributed by atoms with E-state index in [9.17, 15) is 0 Å². The molecule has 0 radical (unpaired) electrons. The van der Waals surface area contributed by atoms with Gasteiger partial charge in [0, 0.05) is 24.3 Å². The maximum absolute atomic E-state index is 3.74. The monoisotopic (exact) mass is 276 g/mol. The van der Waals surface area contributed by atoms with Crippen LogP contribution in [0.5, 0.6) is 0 Å². The molecule has 2 N–H and O–H groups in total. The maximum Gasteiger partial charge on any atom is 0.0454 e. The Bertz CT molecular complexity index is 757. The fourth-order valence-electron chi connectivity index (χ4n) is 3.42. The number of aromatic amines is 1. The van der Waals surface area contributed by atoms with Crippen LogP contribution in [-0.4, -0.2) is 4.98 Å². The van der Waals surface area contributed by atoms with Gasteiger partial charge in [-0.1, -0.05) is 30.3 Å². The number of hydrogen-bond acceptors (Lipinski definition) is 1. The van der Waals surface area contributed by atoms with Crippen LogP contribution in [0.15, 0.2) is 54.7 Å². The smallest absolute Gasteiger partial charge is 0.0454 e. The second-order valence-electron chi connectivity index (χ2n) is 5.92. The standard InChI is InChI=1S/C19H20N2/c1-2-6-17-15(4-1)5-3-7-19(17)21-13-14-8-9-18-16(12-14)10-11-20-18/h1-2,4,6,8-12,19-21H,3,5,7,13H2. The van der Waals surface area contributed by atoms with E-state index in [1.54, 1.807) is 0 Å². The fraction of sp³-hybridized carbons (Fsp3) is 0.263. The molecule has 1 aliphatic rings. The van der Waals surface area contributed by atoms with Gasteiger partial charge in [-0.2, -0.15) is 0 Å². The third kappa shape index (κ3) is 2.47. The van der Waals surface area contributed by atoms with E-state index in [0.717, 1.165) is 6.54 Å². The van der Waals surface area contributed by atoms with Crippen molar-refractivity contribution in [1.82, 2.24) is 10.3 Å². The summed E-state index contributed by atoms with van der Waals surface area (Å²) in [5.74, 6) is 0. The first-order valence-corrected chi connectivity index (χ1v) is 7.77. The van der Waals surface area contributed by atoms with Crippen molar-refractivity contribution in [3.8, 4) is 0 Å². The van der Waals surface area contributed by atoms with Crippen molar-refractivity contribution >= 4 is 10.9 Å². The average Bonchev–Trinajstić information content (AvgIpc) is 3.00. The van der Waals surface area contributed by atoms with Gasteiger partial charge in [-0.3, -0.25) is 0 Å². The molecule has 1 aromatic heterocycles. The van der Waals surface area contributed by atoms with Gasteiger partial charge in [-0.05, 0) is 59.5 Å². The molecule has 0 saturated carbocycles. The van der Waals surface area contributed by atoms with Gasteiger partial charge in [0.1, 0.15) is 0 Å². The number of hydrogen-bond donors (Lipinski definition) is 2. The molecule has 4 rings (SSSR count). The van der Waals surface area contributed by atoms with Crippen molar-refractivity contribution < 1.29 is 0 Å². The number of nitrogens with one attached hydrogen (secondary N) is 2. The first-order chi connectivity index (χ1) is 10.4. The molecule has 21 heavy (non-hydrogen) atoms. The van der Waals surface area contributed by atoms with E-state index < -0.39 is 0 Å². The van der Waals surface area contributed by atoms with Crippen molar-refractivity contribution in [2.75, 3.05) is 0 Å². The minimum absolute atomic E-state index is 0.497. The number of H-pyrrole nitrogens is 1. The van der Waals surface area contributed by atoms with Crippen molar-refractivity contribution in [3.63, 3.8) is 0 Å². The molecule has 3 aromatic rings. The first kappa shape index (κ1) is 12.7. The fourth-order valence-corrected chi connectivity index (χ4v) is 3.42. The Hall–Kier alpha value is -2.06. The third-order valence-corrected chi connectivity index (χ3v) is 4.54. The van der Waals surface area contributed by atoms with E-state index in [4.69, 9.17) is 0 Å². The van der Waals surface area contributed by atoms with Crippen molar-refractivity contribution in [3.05, 3.63) is 71.4 Å². The lowest BCUT2D eigenvalue weighted by Gasteiger charge is -2.26. The summed E-state index contributed by atoms with van der Waals surface area (Å²) < 4.78 is 0. The highest BCUT2D eigenvalue weighted by atomic mass is 14.9. The van der Waals surface area contributed by atoms with Crippen LogP contribution in [0.1, 0.15) is 35.6 Å². The van der Waals surface area contributed by atoms with E-state index >= 15 is 0 Å². The minimum Gasteiger partial charge on any atom is -0.361 e. The molecule has 2 heteroatoms. The SMILES string of the molecule is c1ccc2c(c1)CCCC2NCc1ccc2[nH]ccc2c1. The van der Waals surface area contributed by atoms with E-state index in [2.05, 4.69) is 58.8 Å². The average molecular weight is 276 g/mol. The Morgan fingerprint density at radius 3 is 3.05 bits per heavy atom. The number of fused-ring (bicyclic) bond motifs is 2. The molecule has 1 aliphatic carbocycles. The van der Waals surface area contributed by atoms with E-state index in [0.29, 0.717) is 6.04 Å². The van der Waals surface area contributed by atoms with Gasteiger partial charge in [-0.15, -0.1) is 0 Å². The van der Waals surface area contributed by atoms with Gasteiger partial charge in [-0.25, -0.2) is 0 Å². The summed E-state index contributed by atoms with van der Waals surface area (Å²) in [6, 6.07) is 18.1. The van der Waals surface area contributed by atoms with Crippen LogP contribution in [0, 0.1) is 0 Å². The molecule has 1 unspecified atom stereocenters.